The summed E-state index contributed by atoms with van der Waals surface area (Å²) in [5.74, 6) is 0. The number of aromatic nitrogens is 1. The minimum atomic E-state index is -0.447. The maximum atomic E-state index is 11.3. The molecule has 2 heterocycles. The van der Waals surface area contributed by atoms with Crippen molar-refractivity contribution in [2.75, 3.05) is 0 Å². The largest absolute Gasteiger partial charge is 0.422 e. The Morgan fingerprint density at radius 3 is 2.85 bits per heavy atom. The average Bonchev–Trinajstić information content (AvgIpc) is 2.02. The van der Waals surface area contributed by atoms with Gasteiger partial charge < -0.3 is 9.40 Å². The van der Waals surface area contributed by atoms with Crippen molar-refractivity contribution in [3.8, 4) is 0 Å². The maximum absolute atomic E-state index is 11.3. The summed E-state index contributed by atoms with van der Waals surface area (Å²) >= 11 is 0. The van der Waals surface area contributed by atoms with Crippen molar-refractivity contribution >= 4 is 11.0 Å². The lowest BCUT2D eigenvalue weighted by Gasteiger charge is -1.95. The summed E-state index contributed by atoms with van der Waals surface area (Å²) in [6.45, 7) is 1.73. The van der Waals surface area contributed by atoms with Crippen molar-refractivity contribution in [3.05, 3.63) is 44.7 Å². The predicted molar refractivity (Wildman–Crippen MR) is 47.8 cm³/mol. The molecular formula is C9H7NO3. The molecular weight excluding hydrogens is 170 g/mol. The zero-order chi connectivity index (χ0) is 9.42. The summed E-state index contributed by atoms with van der Waals surface area (Å²) in [4.78, 5) is 24.7. The van der Waals surface area contributed by atoms with Crippen molar-refractivity contribution < 1.29 is 4.42 Å². The van der Waals surface area contributed by atoms with Crippen LogP contribution in [0.3, 0.4) is 0 Å². The monoisotopic (exact) mass is 177 g/mol. The molecule has 0 spiro atoms. The lowest BCUT2D eigenvalue weighted by Crippen LogP contribution is -2.09. The number of rotatable bonds is 0. The fourth-order valence-electron chi connectivity index (χ4n) is 1.20. The van der Waals surface area contributed by atoms with Gasteiger partial charge in [0.1, 0.15) is 5.58 Å². The van der Waals surface area contributed by atoms with E-state index in [-0.39, 0.29) is 5.56 Å². The topological polar surface area (TPSA) is 63.1 Å². The van der Waals surface area contributed by atoms with E-state index in [0.717, 1.165) is 0 Å². The molecule has 0 saturated heterocycles. The van der Waals surface area contributed by atoms with Crippen LogP contribution in [0.25, 0.3) is 11.0 Å². The molecule has 4 nitrogen and oxygen atoms in total. The first-order valence-corrected chi connectivity index (χ1v) is 3.80. The van der Waals surface area contributed by atoms with Crippen molar-refractivity contribution in [1.29, 1.82) is 0 Å². The van der Waals surface area contributed by atoms with Crippen LogP contribution in [-0.4, -0.2) is 4.98 Å². The number of fused-ring (bicyclic) bond motifs is 1. The number of aromatic amines is 1. The van der Waals surface area contributed by atoms with Gasteiger partial charge in [-0.25, -0.2) is 4.79 Å². The van der Waals surface area contributed by atoms with Crippen LogP contribution in [0.5, 0.6) is 0 Å². The highest BCUT2D eigenvalue weighted by Gasteiger charge is 2.01. The Hall–Kier alpha value is -1.84. The Morgan fingerprint density at radius 2 is 2.08 bits per heavy atom. The summed E-state index contributed by atoms with van der Waals surface area (Å²) in [7, 11) is 0. The van der Waals surface area contributed by atoms with Gasteiger partial charge in [0.15, 0.2) is 0 Å². The van der Waals surface area contributed by atoms with Gasteiger partial charge in [-0.05, 0) is 13.0 Å². The molecule has 0 radical (unpaired) electrons. The molecule has 66 valence electrons. The molecule has 0 aromatic carbocycles. The van der Waals surface area contributed by atoms with Gasteiger partial charge in [0.2, 0.25) is 0 Å². The first-order valence-electron chi connectivity index (χ1n) is 3.80. The van der Waals surface area contributed by atoms with Gasteiger partial charge in [-0.2, -0.15) is 0 Å². The molecule has 0 amide bonds. The van der Waals surface area contributed by atoms with Gasteiger partial charge in [-0.3, -0.25) is 4.79 Å². The van der Waals surface area contributed by atoms with Gasteiger partial charge in [0.05, 0.1) is 5.39 Å². The third-order valence-electron chi connectivity index (χ3n) is 1.77. The van der Waals surface area contributed by atoms with E-state index in [4.69, 9.17) is 4.42 Å². The predicted octanol–water partition coefficient (Wildman–Crippen LogP) is 0.790. The third-order valence-corrected chi connectivity index (χ3v) is 1.77. The van der Waals surface area contributed by atoms with E-state index >= 15 is 0 Å². The molecule has 4 heteroatoms. The number of hydrogen-bond donors (Lipinski definition) is 1. The van der Waals surface area contributed by atoms with Crippen LogP contribution in [0.1, 0.15) is 5.69 Å². The molecule has 0 bridgehead atoms. The van der Waals surface area contributed by atoms with Crippen molar-refractivity contribution in [3.63, 3.8) is 0 Å². The molecule has 1 N–H and O–H groups in total. The van der Waals surface area contributed by atoms with Gasteiger partial charge in [0.25, 0.3) is 5.56 Å². The zero-order valence-electron chi connectivity index (χ0n) is 6.96. The molecule has 0 saturated carbocycles. The minimum Gasteiger partial charge on any atom is -0.422 e. The highest BCUT2D eigenvalue weighted by molar-refractivity contribution is 5.75. The second-order valence-electron chi connectivity index (χ2n) is 2.81. The second-order valence-corrected chi connectivity index (χ2v) is 2.81. The van der Waals surface area contributed by atoms with Crippen LogP contribution < -0.4 is 11.2 Å². The summed E-state index contributed by atoms with van der Waals surface area (Å²) in [5.41, 5.74) is 0.317. The molecule has 2 aromatic heterocycles. The second kappa shape index (κ2) is 2.58. The Kier molecular flexibility index (Phi) is 1.55. The lowest BCUT2D eigenvalue weighted by atomic mass is 10.2. The van der Waals surface area contributed by atoms with E-state index < -0.39 is 5.63 Å². The fraction of sp³-hybridized carbons (Fsp3) is 0.111. The van der Waals surface area contributed by atoms with Crippen molar-refractivity contribution in [1.82, 2.24) is 4.98 Å². The molecule has 0 aliphatic carbocycles. The van der Waals surface area contributed by atoms with Gasteiger partial charge >= 0.3 is 5.63 Å². The molecule has 2 aromatic rings. The third kappa shape index (κ3) is 1.26. The Bertz CT molecular complexity index is 565. The normalized spacial score (nSPS) is 10.5. The van der Waals surface area contributed by atoms with E-state index in [1.165, 1.54) is 12.1 Å². The summed E-state index contributed by atoms with van der Waals surface area (Å²) in [6, 6.07) is 4.31. The number of pyridine rings is 1. The number of hydrogen-bond acceptors (Lipinski definition) is 3. The average molecular weight is 177 g/mol. The van der Waals surface area contributed by atoms with Crippen LogP contribution >= 0.6 is 0 Å². The summed E-state index contributed by atoms with van der Waals surface area (Å²) in [6.07, 6.45) is 0. The van der Waals surface area contributed by atoms with Gasteiger partial charge in [-0.15, -0.1) is 0 Å². The van der Waals surface area contributed by atoms with E-state index in [2.05, 4.69) is 4.98 Å². The highest BCUT2D eigenvalue weighted by Crippen LogP contribution is 2.06. The SMILES string of the molecule is Cc1cc2oc(=O)ccc2c(=O)[nH]1. The zero-order valence-corrected chi connectivity index (χ0v) is 6.96. The summed E-state index contributed by atoms with van der Waals surface area (Å²) < 4.78 is 4.85. The number of nitrogens with one attached hydrogen (secondary N) is 1. The van der Waals surface area contributed by atoms with Gasteiger partial charge in [0, 0.05) is 17.8 Å². The molecule has 13 heavy (non-hydrogen) atoms. The molecule has 0 fully saturated rings. The van der Waals surface area contributed by atoms with Crippen LogP contribution in [0.4, 0.5) is 0 Å². The maximum Gasteiger partial charge on any atom is 0.336 e. The molecule has 0 aliphatic heterocycles. The first-order chi connectivity index (χ1) is 6.16. The Balaban J connectivity index is 3.03. The number of aryl methyl sites for hydroxylation is 1. The molecule has 0 aliphatic rings. The minimum absolute atomic E-state index is 0.237. The standard InChI is InChI=1S/C9H7NO3/c1-5-4-7-6(9(12)10-5)2-3-8(11)13-7/h2-4H,1H3,(H,10,12). The fourth-order valence-corrected chi connectivity index (χ4v) is 1.20. The van der Waals surface area contributed by atoms with E-state index in [9.17, 15) is 9.59 Å². The van der Waals surface area contributed by atoms with Crippen molar-refractivity contribution in [2.24, 2.45) is 0 Å². The molecule has 0 atom stereocenters. The Morgan fingerprint density at radius 1 is 1.31 bits per heavy atom. The van der Waals surface area contributed by atoms with Crippen LogP contribution in [-0.2, 0) is 0 Å². The van der Waals surface area contributed by atoms with Crippen molar-refractivity contribution in [2.45, 2.75) is 6.92 Å². The van der Waals surface area contributed by atoms with Crippen LogP contribution in [0, 0.1) is 6.92 Å². The quantitative estimate of drug-likeness (QED) is 0.647. The smallest absolute Gasteiger partial charge is 0.336 e. The molecule has 2 rings (SSSR count). The summed E-state index contributed by atoms with van der Waals surface area (Å²) in [5, 5.41) is 0.394. The molecule has 0 unspecified atom stereocenters. The van der Waals surface area contributed by atoms with E-state index in [0.29, 0.717) is 16.7 Å². The first kappa shape index (κ1) is 7.79. The highest BCUT2D eigenvalue weighted by atomic mass is 16.4. The number of H-pyrrole nitrogens is 1. The van der Waals surface area contributed by atoms with Crippen LogP contribution in [0.15, 0.2) is 32.2 Å². The van der Waals surface area contributed by atoms with Gasteiger partial charge in [-0.1, -0.05) is 0 Å². The lowest BCUT2D eigenvalue weighted by molar-refractivity contribution is 0.560. The van der Waals surface area contributed by atoms with E-state index in [1.54, 1.807) is 13.0 Å². The Labute approximate surface area is 72.8 Å². The van der Waals surface area contributed by atoms with Crippen LogP contribution in [0.2, 0.25) is 0 Å². The van der Waals surface area contributed by atoms with E-state index in [1.807, 2.05) is 0 Å².